The van der Waals surface area contributed by atoms with Crippen LogP contribution in [0.25, 0.3) is 0 Å². The summed E-state index contributed by atoms with van der Waals surface area (Å²) < 4.78 is 0. The van der Waals surface area contributed by atoms with E-state index in [1.165, 1.54) is 31.7 Å². The SMILES string of the molecule is C=CCSCCNC(C)C1CCN(C)CC1. The van der Waals surface area contributed by atoms with Gasteiger partial charge in [0, 0.05) is 24.1 Å². The Morgan fingerprint density at radius 1 is 1.50 bits per heavy atom. The fraction of sp³-hybridized carbons (Fsp3) is 0.846. The van der Waals surface area contributed by atoms with Crippen molar-refractivity contribution in [1.29, 1.82) is 0 Å². The maximum absolute atomic E-state index is 3.73. The van der Waals surface area contributed by atoms with Gasteiger partial charge in [-0.1, -0.05) is 6.08 Å². The van der Waals surface area contributed by atoms with Gasteiger partial charge < -0.3 is 10.2 Å². The molecule has 0 amide bonds. The number of likely N-dealkylation sites (tertiary alicyclic amines) is 1. The third-order valence-electron chi connectivity index (χ3n) is 3.42. The maximum atomic E-state index is 3.73. The van der Waals surface area contributed by atoms with Crippen molar-refractivity contribution in [2.45, 2.75) is 25.8 Å². The highest BCUT2D eigenvalue weighted by Crippen LogP contribution is 2.19. The van der Waals surface area contributed by atoms with Crippen molar-refractivity contribution in [3.63, 3.8) is 0 Å². The van der Waals surface area contributed by atoms with Gasteiger partial charge in [-0.2, -0.15) is 11.8 Å². The second-order valence-corrected chi connectivity index (χ2v) is 5.90. The van der Waals surface area contributed by atoms with Crippen LogP contribution in [0.4, 0.5) is 0 Å². The van der Waals surface area contributed by atoms with Gasteiger partial charge in [0.25, 0.3) is 0 Å². The summed E-state index contributed by atoms with van der Waals surface area (Å²) >= 11 is 1.95. The van der Waals surface area contributed by atoms with Gasteiger partial charge in [0.05, 0.1) is 0 Å². The van der Waals surface area contributed by atoms with E-state index in [4.69, 9.17) is 0 Å². The Hall–Kier alpha value is 0.01000. The highest BCUT2D eigenvalue weighted by molar-refractivity contribution is 7.99. The van der Waals surface area contributed by atoms with Crippen LogP contribution < -0.4 is 5.32 Å². The summed E-state index contributed by atoms with van der Waals surface area (Å²) in [7, 11) is 2.22. The first kappa shape index (κ1) is 14.1. The molecule has 1 aliphatic heterocycles. The first-order valence-corrected chi connectivity index (χ1v) is 7.50. The first-order chi connectivity index (χ1) is 7.74. The fourth-order valence-electron chi connectivity index (χ4n) is 2.22. The summed E-state index contributed by atoms with van der Waals surface area (Å²) in [6.45, 7) is 9.73. The van der Waals surface area contributed by atoms with Crippen molar-refractivity contribution in [2.24, 2.45) is 5.92 Å². The van der Waals surface area contributed by atoms with Gasteiger partial charge in [0.15, 0.2) is 0 Å². The van der Waals surface area contributed by atoms with E-state index in [9.17, 15) is 0 Å². The number of hydrogen-bond acceptors (Lipinski definition) is 3. The number of nitrogens with one attached hydrogen (secondary N) is 1. The third-order valence-corrected chi connectivity index (χ3v) is 4.38. The number of hydrogen-bond donors (Lipinski definition) is 1. The van der Waals surface area contributed by atoms with E-state index in [0.717, 1.165) is 18.2 Å². The average molecular weight is 242 g/mol. The highest BCUT2D eigenvalue weighted by Gasteiger charge is 2.21. The molecule has 1 heterocycles. The van der Waals surface area contributed by atoms with Crippen LogP contribution >= 0.6 is 11.8 Å². The molecule has 1 N–H and O–H groups in total. The van der Waals surface area contributed by atoms with E-state index in [1.807, 2.05) is 17.8 Å². The van der Waals surface area contributed by atoms with Crippen molar-refractivity contribution in [2.75, 3.05) is 38.2 Å². The van der Waals surface area contributed by atoms with Gasteiger partial charge >= 0.3 is 0 Å². The largest absolute Gasteiger partial charge is 0.313 e. The van der Waals surface area contributed by atoms with E-state index in [2.05, 4.69) is 30.8 Å². The van der Waals surface area contributed by atoms with Gasteiger partial charge in [-0.15, -0.1) is 6.58 Å². The highest BCUT2D eigenvalue weighted by atomic mass is 32.2. The van der Waals surface area contributed by atoms with Crippen LogP contribution in [-0.4, -0.2) is 49.1 Å². The zero-order chi connectivity index (χ0) is 11.8. The third kappa shape index (κ3) is 5.37. The molecule has 0 bridgehead atoms. The normalized spacial score (nSPS) is 20.9. The number of rotatable bonds is 7. The Balaban J connectivity index is 2.05. The van der Waals surface area contributed by atoms with Crippen molar-refractivity contribution < 1.29 is 0 Å². The molecule has 0 aromatic rings. The molecule has 3 heteroatoms. The van der Waals surface area contributed by atoms with Crippen LogP contribution in [0.3, 0.4) is 0 Å². The Bertz CT molecular complexity index is 188. The minimum Gasteiger partial charge on any atom is -0.313 e. The number of piperidine rings is 1. The fourth-order valence-corrected chi connectivity index (χ4v) is 2.82. The molecule has 0 aromatic heterocycles. The second kappa shape index (κ2) is 8.15. The minimum atomic E-state index is 0.679. The molecule has 1 rings (SSSR count). The quantitative estimate of drug-likeness (QED) is 0.544. The van der Waals surface area contributed by atoms with Gasteiger partial charge in [0.2, 0.25) is 0 Å². The predicted octanol–water partition coefficient (Wildman–Crippen LogP) is 2.23. The van der Waals surface area contributed by atoms with Crippen LogP contribution in [0.2, 0.25) is 0 Å². The van der Waals surface area contributed by atoms with Gasteiger partial charge in [-0.25, -0.2) is 0 Å². The molecule has 1 saturated heterocycles. The smallest absolute Gasteiger partial charge is 0.0111 e. The average Bonchev–Trinajstić information content (AvgIpc) is 2.29. The summed E-state index contributed by atoms with van der Waals surface area (Å²) in [5.74, 6) is 3.15. The van der Waals surface area contributed by atoms with Gasteiger partial charge in [0.1, 0.15) is 0 Å². The molecule has 1 aliphatic rings. The first-order valence-electron chi connectivity index (χ1n) is 6.34. The lowest BCUT2D eigenvalue weighted by Crippen LogP contribution is -2.41. The lowest BCUT2D eigenvalue weighted by Gasteiger charge is -2.33. The molecule has 2 nitrogen and oxygen atoms in total. The van der Waals surface area contributed by atoms with Crippen LogP contribution in [0.15, 0.2) is 12.7 Å². The monoisotopic (exact) mass is 242 g/mol. The van der Waals surface area contributed by atoms with Crippen molar-refractivity contribution >= 4 is 11.8 Å². The van der Waals surface area contributed by atoms with Gasteiger partial charge in [-0.05, 0) is 45.8 Å². The molecule has 0 aromatic carbocycles. The van der Waals surface area contributed by atoms with Gasteiger partial charge in [-0.3, -0.25) is 0 Å². The van der Waals surface area contributed by atoms with Crippen LogP contribution in [0, 0.1) is 5.92 Å². The summed E-state index contributed by atoms with van der Waals surface area (Å²) in [5.41, 5.74) is 0. The molecule has 1 atom stereocenters. The zero-order valence-corrected chi connectivity index (χ0v) is 11.6. The van der Waals surface area contributed by atoms with E-state index < -0.39 is 0 Å². The minimum absolute atomic E-state index is 0.679. The summed E-state index contributed by atoms with van der Waals surface area (Å²) in [6, 6.07) is 0.679. The number of nitrogens with zero attached hydrogens (tertiary/aromatic N) is 1. The second-order valence-electron chi connectivity index (χ2n) is 4.75. The maximum Gasteiger partial charge on any atom is 0.0111 e. The van der Waals surface area contributed by atoms with E-state index in [-0.39, 0.29) is 0 Å². The lowest BCUT2D eigenvalue weighted by atomic mass is 9.90. The molecule has 0 radical (unpaired) electrons. The summed E-state index contributed by atoms with van der Waals surface area (Å²) in [6.07, 6.45) is 4.68. The van der Waals surface area contributed by atoms with Crippen LogP contribution in [0.5, 0.6) is 0 Å². The topological polar surface area (TPSA) is 15.3 Å². The number of thioether (sulfide) groups is 1. The standard InChI is InChI=1S/C13H26N2S/c1-4-10-16-11-7-14-12(2)13-5-8-15(3)9-6-13/h4,12-14H,1,5-11H2,2-3H3. The van der Waals surface area contributed by atoms with Crippen molar-refractivity contribution in [3.8, 4) is 0 Å². The molecule has 16 heavy (non-hydrogen) atoms. The molecular weight excluding hydrogens is 216 g/mol. The predicted molar refractivity (Wildman–Crippen MR) is 75.2 cm³/mol. The lowest BCUT2D eigenvalue weighted by molar-refractivity contribution is 0.191. The van der Waals surface area contributed by atoms with E-state index >= 15 is 0 Å². The molecule has 0 saturated carbocycles. The van der Waals surface area contributed by atoms with Crippen LogP contribution in [-0.2, 0) is 0 Å². The molecule has 94 valence electrons. The zero-order valence-electron chi connectivity index (χ0n) is 10.7. The molecule has 1 fully saturated rings. The van der Waals surface area contributed by atoms with Crippen LogP contribution in [0.1, 0.15) is 19.8 Å². The molecule has 0 aliphatic carbocycles. The molecule has 1 unspecified atom stereocenters. The summed E-state index contributed by atoms with van der Waals surface area (Å²) in [4.78, 5) is 2.43. The Morgan fingerprint density at radius 2 is 2.19 bits per heavy atom. The van der Waals surface area contributed by atoms with Crippen molar-refractivity contribution in [1.82, 2.24) is 10.2 Å². The molecular formula is C13H26N2S. The Kier molecular flexibility index (Phi) is 7.17. The van der Waals surface area contributed by atoms with E-state index in [1.54, 1.807) is 0 Å². The van der Waals surface area contributed by atoms with E-state index in [0.29, 0.717) is 6.04 Å². The summed E-state index contributed by atoms with van der Waals surface area (Å²) in [5, 5.41) is 3.65. The Morgan fingerprint density at radius 3 is 2.81 bits per heavy atom. The Labute approximate surface area is 105 Å². The van der Waals surface area contributed by atoms with Crippen molar-refractivity contribution in [3.05, 3.63) is 12.7 Å². The molecule has 0 spiro atoms.